The highest BCUT2D eigenvalue weighted by Crippen LogP contribution is 2.26. The molecule has 0 spiro atoms. The first-order chi connectivity index (χ1) is 11.9. The van der Waals surface area contributed by atoms with E-state index < -0.39 is 23.4 Å². The predicted molar refractivity (Wildman–Crippen MR) is 88.2 cm³/mol. The number of ether oxygens (including phenoxy) is 1. The van der Waals surface area contributed by atoms with E-state index in [1.807, 2.05) is 6.07 Å². The van der Waals surface area contributed by atoms with Gasteiger partial charge in [0.2, 0.25) is 0 Å². The van der Waals surface area contributed by atoms with Crippen LogP contribution in [0.25, 0.3) is 0 Å². The fourth-order valence-electron chi connectivity index (χ4n) is 1.84. The van der Waals surface area contributed by atoms with Crippen LogP contribution in [-0.4, -0.2) is 23.4 Å². The number of carbonyl (C=O) groups excluding carboxylic acids is 2. The number of carbonyl (C=O) groups is 2. The molecular formula is C16H10ClN3O5. The van der Waals surface area contributed by atoms with Gasteiger partial charge < -0.3 is 10.1 Å². The van der Waals surface area contributed by atoms with Crippen molar-refractivity contribution in [2.45, 2.75) is 0 Å². The van der Waals surface area contributed by atoms with Crippen molar-refractivity contribution in [1.82, 2.24) is 0 Å². The van der Waals surface area contributed by atoms with Crippen LogP contribution in [0.15, 0.2) is 42.5 Å². The van der Waals surface area contributed by atoms with Crippen LogP contribution in [0.2, 0.25) is 5.02 Å². The van der Waals surface area contributed by atoms with Crippen LogP contribution in [0.4, 0.5) is 11.4 Å². The van der Waals surface area contributed by atoms with Crippen LogP contribution >= 0.6 is 11.6 Å². The zero-order valence-corrected chi connectivity index (χ0v) is 13.3. The Morgan fingerprint density at radius 3 is 2.68 bits per heavy atom. The lowest BCUT2D eigenvalue weighted by atomic mass is 10.1. The first-order valence-corrected chi connectivity index (χ1v) is 7.19. The highest BCUT2D eigenvalue weighted by molar-refractivity contribution is 6.34. The summed E-state index contributed by atoms with van der Waals surface area (Å²) in [5.74, 6) is -1.43. The number of non-ortho nitro benzene ring substituents is 1. The van der Waals surface area contributed by atoms with Gasteiger partial charge in [-0.2, -0.15) is 5.26 Å². The maximum absolute atomic E-state index is 11.8. The standard InChI is InChI=1S/C16H10ClN3O5/c17-13-7-12(20(23)24)4-5-14(13)19-15(21)9-25-16(22)11-3-1-2-10(6-11)8-18/h1-7H,9H2,(H,19,21). The molecule has 25 heavy (non-hydrogen) atoms. The van der Waals surface area contributed by atoms with Gasteiger partial charge in [-0.3, -0.25) is 14.9 Å². The molecule has 2 aromatic rings. The Kier molecular flexibility index (Phi) is 5.66. The molecule has 0 aliphatic heterocycles. The summed E-state index contributed by atoms with van der Waals surface area (Å²) in [4.78, 5) is 33.7. The Bertz CT molecular complexity index is 892. The third-order valence-electron chi connectivity index (χ3n) is 3.00. The minimum Gasteiger partial charge on any atom is -0.452 e. The average molecular weight is 360 g/mol. The molecule has 9 heteroatoms. The molecule has 0 radical (unpaired) electrons. The number of amides is 1. The molecular weight excluding hydrogens is 350 g/mol. The number of nitrogens with zero attached hydrogens (tertiary/aromatic N) is 2. The summed E-state index contributed by atoms with van der Waals surface area (Å²) in [7, 11) is 0. The van der Waals surface area contributed by atoms with E-state index in [4.69, 9.17) is 21.6 Å². The van der Waals surface area contributed by atoms with Crippen molar-refractivity contribution >= 4 is 34.9 Å². The molecule has 0 saturated heterocycles. The zero-order valence-electron chi connectivity index (χ0n) is 12.6. The molecule has 2 rings (SSSR count). The molecule has 126 valence electrons. The number of rotatable bonds is 5. The molecule has 2 aromatic carbocycles. The summed E-state index contributed by atoms with van der Waals surface area (Å²) in [5, 5.41) is 21.8. The van der Waals surface area contributed by atoms with E-state index in [0.717, 1.165) is 6.07 Å². The lowest BCUT2D eigenvalue weighted by Crippen LogP contribution is -2.21. The monoisotopic (exact) mass is 359 g/mol. The van der Waals surface area contributed by atoms with Crippen molar-refractivity contribution < 1.29 is 19.2 Å². The van der Waals surface area contributed by atoms with E-state index >= 15 is 0 Å². The number of esters is 1. The molecule has 1 amide bonds. The van der Waals surface area contributed by atoms with Crippen molar-refractivity contribution in [2.24, 2.45) is 0 Å². The Morgan fingerprint density at radius 1 is 1.28 bits per heavy atom. The molecule has 1 N–H and O–H groups in total. The van der Waals surface area contributed by atoms with Gasteiger partial charge in [-0.25, -0.2) is 4.79 Å². The maximum Gasteiger partial charge on any atom is 0.338 e. The zero-order chi connectivity index (χ0) is 18.4. The summed E-state index contributed by atoms with van der Waals surface area (Å²) in [6.45, 7) is -0.580. The molecule has 0 atom stereocenters. The Morgan fingerprint density at radius 2 is 2.04 bits per heavy atom. The van der Waals surface area contributed by atoms with Crippen LogP contribution in [0, 0.1) is 21.4 Å². The SMILES string of the molecule is N#Cc1cccc(C(=O)OCC(=O)Nc2ccc([N+](=O)[O-])cc2Cl)c1. The Hall–Kier alpha value is -3.44. The van der Waals surface area contributed by atoms with E-state index in [1.54, 1.807) is 0 Å². The lowest BCUT2D eigenvalue weighted by molar-refractivity contribution is -0.384. The highest BCUT2D eigenvalue weighted by Gasteiger charge is 2.14. The molecule has 0 saturated carbocycles. The molecule has 0 fully saturated rings. The minimum atomic E-state index is -0.762. The third-order valence-corrected chi connectivity index (χ3v) is 3.31. The fraction of sp³-hybridized carbons (Fsp3) is 0.0625. The Labute approximate surface area is 146 Å². The molecule has 0 heterocycles. The average Bonchev–Trinajstić information content (AvgIpc) is 2.61. The Balaban J connectivity index is 1.95. The molecule has 0 unspecified atom stereocenters. The van der Waals surface area contributed by atoms with E-state index in [1.165, 1.54) is 36.4 Å². The normalized spacial score (nSPS) is 9.76. The molecule has 8 nitrogen and oxygen atoms in total. The number of nitro benzene ring substituents is 1. The second kappa shape index (κ2) is 7.90. The predicted octanol–water partition coefficient (Wildman–Crippen LogP) is 2.92. The number of nitro groups is 1. The molecule has 0 aliphatic carbocycles. The maximum atomic E-state index is 11.8. The van der Waals surface area contributed by atoms with E-state index in [-0.39, 0.29) is 27.5 Å². The fourth-order valence-corrected chi connectivity index (χ4v) is 2.06. The molecule has 0 aromatic heterocycles. The van der Waals surface area contributed by atoms with Crippen LogP contribution in [0.3, 0.4) is 0 Å². The van der Waals surface area contributed by atoms with Crippen LogP contribution in [0.1, 0.15) is 15.9 Å². The van der Waals surface area contributed by atoms with E-state index in [0.29, 0.717) is 0 Å². The highest BCUT2D eigenvalue weighted by atomic mass is 35.5. The van der Waals surface area contributed by atoms with Crippen molar-refractivity contribution in [3.8, 4) is 6.07 Å². The van der Waals surface area contributed by atoms with Gasteiger partial charge in [0.15, 0.2) is 6.61 Å². The first kappa shape index (κ1) is 17.9. The topological polar surface area (TPSA) is 122 Å². The number of nitriles is 1. The van der Waals surface area contributed by atoms with Gasteiger partial charge in [0.25, 0.3) is 11.6 Å². The van der Waals surface area contributed by atoms with Gasteiger partial charge in [0, 0.05) is 12.1 Å². The number of halogens is 1. The number of benzene rings is 2. The van der Waals surface area contributed by atoms with Crippen LogP contribution in [-0.2, 0) is 9.53 Å². The third kappa shape index (κ3) is 4.76. The lowest BCUT2D eigenvalue weighted by Gasteiger charge is -2.08. The van der Waals surface area contributed by atoms with Gasteiger partial charge >= 0.3 is 5.97 Å². The van der Waals surface area contributed by atoms with E-state index in [2.05, 4.69) is 5.32 Å². The van der Waals surface area contributed by atoms with Crippen LogP contribution in [0.5, 0.6) is 0 Å². The van der Waals surface area contributed by atoms with Gasteiger partial charge in [0.1, 0.15) is 0 Å². The van der Waals surface area contributed by atoms with Crippen molar-refractivity contribution in [1.29, 1.82) is 5.26 Å². The first-order valence-electron chi connectivity index (χ1n) is 6.82. The van der Waals surface area contributed by atoms with Gasteiger partial charge in [0.05, 0.1) is 32.8 Å². The van der Waals surface area contributed by atoms with Crippen molar-refractivity contribution in [3.05, 3.63) is 68.7 Å². The minimum absolute atomic E-state index is 0.0180. The summed E-state index contributed by atoms with van der Waals surface area (Å²) in [5.41, 5.74) is 0.364. The van der Waals surface area contributed by atoms with E-state index in [9.17, 15) is 19.7 Å². The smallest absolute Gasteiger partial charge is 0.338 e. The van der Waals surface area contributed by atoms with Crippen molar-refractivity contribution in [2.75, 3.05) is 11.9 Å². The van der Waals surface area contributed by atoms with Gasteiger partial charge in [-0.15, -0.1) is 0 Å². The van der Waals surface area contributed by atoms with Crippen LogP contribution < -0.4 is 5.32 Å². The summed E-state index contributed by atoms with van der Waals surface area (Å²) < 4.78 is 4.85. The number of anilines is 1. The summed E-state index contributed by atoms with van der Waals surface area (Å²) in [6.07, 6.45) is 0. The number of hydrogen-bond acceptors (Lipinski definition) is 6. The molecule has 0 aliphatic rings. The van der Waals surface area contributed by atoms with Gasteiger partial charge in [-0.05, 0) is 24.3 Å². The number of nitrogens with one attached hydrogen (secondary N) is 1. The quantitative estimate of drug-likeness (QED) is 0.497. The summed E-state index contributed by atoms with van der Waals surface area (Å²) in [6, 6.07) is 11.3. The second-order valence-corrected chi connectivity index (χ2v) is 5.15. The van der Waals surface area contributed by atoms with Gasteiger partial charge in [-0.1, -0.05) is 17.7 Å². The number of hydrogen-bond donors (Lipinski definition) is 1. The molecule has 0 bridgehead atoms. The van der Waals surface area contributed by atoms with Crippen molar-refractivity contribution in [3.63, 3.8) is 0 Å². The second-order valence-electron chi connectivity index (χ2n) is 4.74. The summed E-state index contributed by atoms with van der Waals surface area (Å²) >= 11 is 5.85. The largest absolute Gasteiger partial charge is 0.452 e.